The van der Waals surface area contributed by atoms with Gasteiger partial charge in [-0.25, -0.2) is 4.39 Å². The van der Waals surface area contributed by atoms with E-state index in [0.29, 0.717) is 0 Å². The second-order valence-corrected chi connectivity index (χ2v) is 3.67. The highest BCUT2D eigenvalue weighted by Crippen LogP contribution is 2.17. The second-order valence-electron chi connectivity index (χ2n) is 2.61. The summed E-state index contributed by atoms with van der Waals surface area (Å²) in [7, 11) is 0. The van der Waals surface area contributed by atoms with Crippen molar-refractivity contribution in [2.24, 2.45) is 0 Å². The van der Waals surface area contributed by atoms with Crippen LogP contribution < -0.4 is 0 Å². The Morgan fingerprint density at radius 3 is 2.62 bits per heavy atom. The standard InChI is InChI=1S/C9H7Cl2FO/c1-5(10)9(13)6-2-3-7(11)8(12)4-6/h2-5H,1H3. The second kappa shape index (κ2) is 4.07. The van der Waals surface area contributed by atoms with Crippen molar-refractivity contribution in [2.45, 2.75) is 12.3 Å². The molecule has 0 saturated carbocycles. The molecule has 0 spiro atoms. The summed E-state index contributed by atoms with van der Waals surface area (Å²) in [6.45, 7) is 1.54. The first kappa shape index (κ1) is 10.5. The van der Waals surface area contributed by atoms with E-state index in [1.165, 1.54) is 19.1 Å². The van der Waals surface area contributed by atoms with Gasteiger partial charge in [0.1, 0.15) is 5.82 Å². The van der Waals surface area contributed by atoms with E-state index in [9.17, 15) is 9.18 Å². The number of Topliss-reactive ketones (excluding diaryl/α,β-unsaturated/α-hetero) is 1. The van der Waals surface area contributed by atoms with Crippen LogP contribution in [0.15, 0.2) is 18.2 Å². The van der Waals surface area contributed by atoms with E-state index in [2.05, 4.69) is 0 Å². The quantitative estimate of drug-likeness (QED) is 0.553. The van der Waals surface area contributed by atoms with Gasteiger partial charge >= 0.3 is 0 Å². The van der Waals surface area contributed by atoms with Crippen LogP contribution in [0, 0.1) is 5.82 Å². The zero-order chi connectivity index (χ0) is 10.0. The Morgan fingerprint density at radius 2 is 2.15 bits per heavy atom. The summed E-state index contributed by atoms with van der Waals surface area (Å²) in [6, 6.07) is 3.87. The molecule has 1 rings (SSSR count). The Balaban J connectivity index is 3.04. The lowest BCUT2D eigenvalue weighted by molar-refractivity contribution is 0.0991. The predicted molar refractivity (Wildman–Crippen MR) is 51.1 cm³/mol. The minimum Gasteiger partial charge on any atom is -0.293 e. The fourth-order valence-electron chi connectivity index (χ4n) is 0.879. The first-order chi connectivity index (χ1) is 6.02. The lowest BCUT2D eigenvalue weighted by Gasteiger charge is -2.02. The summed E-state index contributed by atoms with van der Waals surface area (Å²) < 4.78 is 12.9. The molecule has 0 fully saturated rings. The lowest BCUT2D eigenvalue weighted by atomic mass is 10.1. The number of rotatable bonds is 2. The lowest BCUT2D eigenvalue weighted by Crippen LogP contribution is -2.10. The van der Waals surface area contributed by atoms with Crippen molar-refractivity contribution in [3.63, 3.8) is 0 Å². The molecule has 0 aliphatic carbocycles. The molecule has 0 aliphatic rings. The first-order valence-electron chi connectivity index (χ1n) is 3.65. The largest absolute Gasteiger partial charge is 0.293 e. The van der Waals surface area contributed by atoms with Gasteiger partial charge in [0.25, 0.3) is 0 Å². The molecule has 13 heavy (non-hydrogen) atoms. The van der Waals surface area contributed by atoms with E-state index in [-0.39, 0.29) is 16.4 Å². The Labute approximate surface area is 85.5 Å². The summed E-state index contributed by atoms with van der Waals surface area (Å²) in [5.41, 5.74) is 0.240. The van der Waals surface area contributed by atoms with E-state index in [4.69, 9.17) is 23.2 Å². The van der Waals surface area contributed by atoms with Gasteiger partial charge < -0.3 is 0 Å². The third kappa shape index (κ3) is 2.42. The minimum absolute atomic E-state index is 0.00113. The summed E-state index contributed by atoms with van der Waals surface area (Å²) in [5, 5.41) is -0.653. The Morgan fingerprint density at radius 1 is 1.54 bits per heavy atom. The van der Waals surface area contributed by atoms with Crippen molar-refractivity contribution >= 4 is 29.0 Å². The molecule has 0 bridgehead atoms. The molecule has 0 aromatic heterocycles. The molecular weight excluding hydrogens is 214 g/mol. The highest BCUT2D eigenvalue weighted by Gasteiger charge is 2.13. The molecular formula is C9H7Cl2FO. The van der Waals surface area contributed by atoms with Crippen molar-refractivity contribution in [3.05, 3.63) is 34.6 Å². The third-order valence-corrected chi connectivity index (χ3v) is 2.07. The topological polar surface area (TPSA) is 17.1 Å². The van der Waals surface area contributed by atoms with Crippen molar-refractivity contribution in [2.75, 3.05) is 0 Å². The first-order valence-corrected chi connectivity index (χ1v) is 4.47. The molecule has 1 atom stereocenters. The van der Waals surface area contributed by atoms with Crippen molar-refractivity contribution in [1.29, 1.82) is 0 Å². The molecule has 1 nitrogen and oxygen atoms in total. The zero-order valence-corrected chi connectivity index (χ0v) is 8.36. The maximum Gasteiger partial charge on any atom is 0.180 e. The van der Waals surface area contributed by atoms with Crippen LogP contribution in [-0.4, -0.2) is 11.2 Å². The van der Waals surface area contributed by atoms with Gasteiger partial charge in [-0.05, 0) is 25.1 Å². The number of alkyl halides is 1. The van der Waals surface area contributed by atoms with E-state index < -0.39 is 11.2 Å². The number of hydrogen-bond acceptors (Lipinski definition) is 1. The highest BCUT2D eigenvalue weighted by atomic mass is 35.5. The van der Waals surface area contributed by atoms with Gasteiger partial charge in [-0.2, -0.15) is 0 Å². The van der Waals surface area contributed by atoms with Gasteiger partial charge in [-0.1, -0.05) is 11.6 Å². The van der Waals surface area contributed by atoms with Crippen LogP contribution >= 0.6 is 23.2 Å². The molecule has 0 aliphatic heterocycles. The molecule has 0 heterocycles. The molecule has 1 aromatic rings. The fourth-order valence-corrected chi connectivity index (χ4v) is 1.12. The van der Waals surface area contributed by atoms with E-state index in [1.54, 1.807) is 0 Å². The van der Waals surface area contributed by atoms with Crippen LogP contribution in [0.1, 0.15) is 17.3 Å². The van der Waals surface area contributed by atoms with Crippen molar-refractivity contribution in [3.8, 4) is 0 Å². The van der Waals surface area contributed by atoms with Crippen molar-refractivity contribution in [1.82, 2.24) is 0 Å². The molecule has 0 saturated heterocycles. The Bertz CT molecular complexity index is 336. The molecule has 70 valence electrons. The van der Waals surface area contributed by atoms with Crippen LogP contribution in [0.3, 0.4) is 0 Å². The van der Waals surface area contributed by atoms with Crippen LogP contribution in [-0.2, 0) is 0 Å². The average Bonchev–Trinajstić information content (AvgIpc) is 2.08. The van der Waals surface area contributed by atoms with Gasteiger partial charge in [0.05, 0.1) is 10.4 Å². The molecule has 1 aromatic carbocycles. The number of carbonyl (C=O) groups is 1. The van der Waals surface area contributed by atoms with Gasteiger partial charge in [0.15, 0.2) is 5.78 Å². The number of ketones is 1. The Kier molecular flexibility index (Phi) is 3.28. The van der Waals surface area contributed by atoms with Gasteiger partial charge in [-0.15, -0.1) is 11.6 Å². The third-order valence-electron chi connectivity index (χ3n) is 1.57. The number of benzene rings is 1. The zero-order valence-electron chi connectivity index (χ0n) is 6.85. The fraction of sp³-hybridized carbons (Fsp3) is 0.222. The smallest absolute Gasteiger partial charge is 0.180 e. The monoisotopic (exact) mass is 220 g/mol. The van der Waals surface area contributed by atoms with Gasteiger partial charge in [0, 0.05) is 5.56 Å². The number of hydrogen-bond donors (Lipinski definition) is 0. The van der Waals surface area contributed by atoms with E-state index in [0.717, 1.165) is 6.07 Å². The van der Waals surface area contributed by atoms with Crippen LogP contribution in [0.25, 0.3) is 0 Å². The normalized spacial score (nSPS) is 12.6. The molecule has 0 radical (unpaired) electrons. The van der Waals surface area contributed by atoms with Gasteiger partial charge in [-0.3, -0.25) is 4.79 Å². The van der Waals surface area contributed by atoms with Gasteiger partial charge in [0.2, 0.25) is 0 Å². The molecule has 0 N–H and O–H groups in total. The summed E-state index contributed by atoms with van der Waals surface area (Å²) in [5.74, 6) is -0.915. The summed E-state index contributed by atoms with van der Waals surface area (Å²) in [4.78, 5) is 11.3. The SMILES string of the molecule is CC(Cl)C(=O)c1ccc(Cl)c(F)c1. The summed E-state index contributed by atoms with van der Waals surface area (Å²) in [6.07, 6.45) is 0. The maximum absolute atomic E-state index is 12.9. The minimum atomic E-state index is -0.652. The predicted octanol–water partition coefficient (Wildman–Crippen LogP) is 3.29. The van der Waals surface area contributed by atoms with Crippen LogP contribution in [0.5, 0.6) is 0 Å². The molecule has 1 unspecified atom stereocenters. The van der Waals surface area contributed by atoms with Crippen LogP contribution in [0.2, 0.25) is 5.02 Å². The van der Waals surface area contributed by atoms with E-state index >= 15 is 0 Å². The average molecular weight is 221 g/mol. The Hall–Kier alpha value is -0.600. The number of carbonyl (C=O) groups excluding carboxylic acids is 1. The molecule has 0 amide bonds. The summed E-state index contributed by atoms with van der Waals surface area (Å²) >= 11 is 11.0. The van der Waals surface area contributed by atoms with Crippen molar-refractivity contribution < 1.29 is 9.18 Å². The molecule has 4 heteroatoms. The number of halogens is 3. The maximum atomic E-state index is 12.9. The van der Waals surface area contributed by atoms with Crippen LogP contribution in [0.4, 0.5) is 4.39 Å². The highest BCUT2D eigenvalue weighted by molar-refractivity contribution is 6.34. The van der Waals surface area contributed by atoms with E-state index in [1.807, 2.05) is 0 Å².